The van der Waals surface area contributed by atoms with Crippen LogP contribution in [-0.2, 0) is 0 Å². The van der Waals surface area contributed by atoms with Crippen molar-refractivity contribution in [2.24, 2.45) is 0 Å². The van der Waals surface area contributed by atoms with Gasteiger partial charge < -0.3 is 18.9 Å². The molecular formula is C25H28O5S2. The molecule has 7 heteroatoms. The summed E-state index contributed by atoms with van der Waals surface area (Å²) in [6.45, 7) is 3.89. The van der Waals surface area contributed by atoms with Crippen molar-refractivity contribution in [2.45, 2.75) is 23.6 Å². The van der Waals surface area contributed by atoms with E-state index in [4.69, 9.17) is 18.9 Å². The molecule has 0 unspecified atom stereocenters. The standard InChI is InChI=1S/C16H16O3S.C9H12O2S/c1-11-9-13(10-14(18-2)15(11)19-3)20-16(17)12-7-5-4-6-8-12;1-6-4-7(12)5-8(10-2)9(6)11-3/h4-10H,1-3H3;4-5,12H,1-3H3. The molecule has 0 spiro atoms. The zero-order chi connectivity index (χ0) is 23.7. The highest BCUT2D eigenvalue weighted by atomic mass is 32.2. The molecule has 0 fully saturated rings. The smallest absolute Gasteiger partial charge is 0.224 e. The normalized spacial score (nSPS) is 9.97. The van der Waals surface area contributed by atoms with Crippen molar-refractivity contribution >= 4 is 29.5 Å². The Kier molecular flexibility index (Phi) is 9.81. The van der Waals surface area contributed by atoms with Gasteiger partial charge in [-0.05, 0) is 61.0 Å². The van der Waals surface area contributed by atoms with Gasteiger partial charge in [-0.15, -0.1) is 12.6 Å². The Hall–Kier alpha value is -2.77. The molecule has 0 aliphatic heterocycles. The minimum Gasteiger partial charge on any atom is -0.493 e. The van der Waals surface area contributed by atoms with Gasteiger partial charge in [-0.3, -0.25) is 4.79 Å². The van der Waals surface area contributed by atoms with Crippen LogP contribution in [0, 0.1) is 13.8 Å². The minimum absolute atomic E-state index is 0.0113. The second kappa shape index (κ2) is 12.3. The van der Waals surface area contributed by atoms with Crippen LogP contribution in [0.4, 0.5) is 0 Å². The summed E-state index contributed by atoms with van der Waals surface area (Å²) in [6, 6.07) is 16.7. The maximum atomic E-state index is 12.2. The molecule has 0 amide bonds. The summed E-state index contributed by atoms with van der Waals surface area (Å²) in [6.07, 6.45) is 0. The van der Waals surface area contributed by atoms with Gasteiger partial charge in [0, 0.05) is 15.4 Å². The summed E-state index contributed by atoms with van der Waals surface area (Å²) in [5.41, 5.74) is 2.65. The fourth-order valence-corrected chi connectivity index (χ4v) is 4.24. The zero-order valence-electron chi connectivity index (χ0n) is 19.1. The second-order valence-corrected chi connectivity index (χ2v) is 8.29. The third-order valence-corrected chi connectivity index (χ3v) is 5.66. The number of carbonyl (C=O) groups is 1. The second-order valence-electron chi connectivity index (χ2n) is 6.73. The molecule has 0 N–H and O–H groups in total. The van der Waals surface area contributed by atoms with Gasteiger partial charge in [0.15, 0.2) is 23.0 Å². The number of ether oxygens (including phenoxy) is 4. The van der Waals surface area contributed by atoms with E-state index in [0.717, 1.165) is 32.4 Å². The number of thioether (sulfide) groups is 1. The van der Waals surface area contributed by atoms with E-state index in [1.165, 1.54) is 11.8 Å². The first-order chi connectivity index (χ1) is 15.3. The Morgan fingerprint density at radius 2 is 1.28 bits per heavy atom. The highest BCUT2D eigenvalue weighted by Crippen LogP contribution is 2.36. The van der Waals surface area contributed by atoms with E-state index >= 15 is 0 Å². The number of methoxy groups -OCH3 is 4. The van der Waals surface area contributed by atoms with Gasteiger partial charge >= 0.3 is 0 Å². The van der Waals surface area contributed by atoms with Crippen LogP contribution in [0.25, 0.3) is 0 Å². The van der Waals surface area contributed by atoms with Crippen LogP contribution >= 0.6 is 24.4 Å². The number of benzene rings is 3. The predicted octanol–water partition coefficient (Wildman–Crippen LogP) is 6.25. The van der Waals surface area contributed by atoms with Crippen LogP contribution < -0.4 is 18.9 Å². The molecular weight excluding hydrogens is 444 g/mol. The molecule has 0 saturated carbocycles. The lowest BCUT2D eigenvalue weighted by atomic mass is 10.2. The molecule has 0 aliphatic carbocycles. The lowest BCUT2D eigenvalue weighted by molar-refractivity contribution is 0.108. The fraction of sp³-hybridized carbons (Fsp3) is 0.240. The Morgan fingerprint density at radius 1 is 0.750 bits per heavy atom. The van der Waals surface area contributed by atoms with Crippen LogP contribution in [0.2, 0.25) is 0 Å². The van der Waals surface area contributed by atoms with Gasteiger partial charge in [-0.25, -0.2) is 0 Å². The maximum absolute atomic E-state index is 12.2. The van der Waals surface area contributed by atoms with Crippen molar-refractivity contribution in [1.82, 2.24) is 0 Å². The highest BCUT2D eigenvalue weighted by Gasteiger charge is 2.13. The summed E-state index contributed by atoms with van der Waals surface area (Å²) in [5.74, 6) is 2.83. The first-order valence-corrected chi connectivity index (χ1v) is 11.0. The van der Waals surface area contributed by atoms with Crippen molar-refractivity contribution in [3.05, 3.63) is 71.3 Å². The van der Waals surface area contributed by atoms with Crippen LogP contribution in [0.15, 0.2) is 64.4 Å². The summed E-state index contributed by atoms with van der Waals surface area (Å²) < 4.78 is 20.9. The molecule has 0 saturated heterocycles. The van der Waals surface area contributed by atoms with Crippen molar-refractivity contribution in [3.63, 3.8) is 0 Å². The molecule has 0 bridgehead atoms. The van der Waals surface area contributed by atoms with Crippen molar-refractivity contribution in [1.29, 1.82) is 0 Å². The van der Waals surface area contributed by atoms with Gasteiger partial charge in [0.05, 0.1) is 28.4 Å². The first kappa shape index (κ1) is 25.5. The average Bonchev–Trinajstić information content (AvgIpc) is 2.79. The number of rotatable bonds is 6. The molecule has 0 radical (unpaired) electrons. The maximum Gasteiger partial charge on any atom is 0.224 e. The van der Waals surface area contributed by atoms with E-state index in [1.54, 1.807) is 28.4 Å². The third kappa shape index (κ3) is 6.61. The highest BCUT2D eigenvalue weighted by molar-refractivity contribution is 8.14. The van der Waals surface area contributed by atoms with Gasteiger partial charge in [-0.2, -0.15) is 0 Å². The van der Waals surface area contributed by atoms with Gasteiger partial charge in [-0.1, -0.05) is 30.3 Å². The SMILES string of the molecule is COc1cc(S)cc(C)c1OC.COc1cc(SC(=O)c2ccccc2)cc(C)c1OC. The Morgan fingerprint density at radius 3 is 1.81 bits per heavy atom. The van der Waals surface area contributed by atoms with Gasteiger partial charge in [0.2, 0.25) is 5.12 Å². The third-order valence-electron chi connectivity index (χ3n) is 4.51. The summed E-state index contributed by atoms with van der Waals surface area (Å²) in [5, 5.41) is 0.0113. The summed E-state index contributed by atoms with van der Waals surface area (Å²) in [7, 11) is 6.44. The molecule has 3 aromatic carbocycles. The van der Waals surface area contributed by atoms with Crippen LogP contribution in [-0.4, -0.2) is 33.6 Å². The van der Waals surface area contributed by atoms with E-state index in [2.05, 4.69) is 12.6 Å². The van der Waals surface area contributed by atoms with Crippen LogP contribution in [0.3, 0.4) is 0 Å². The Balaban J connectivity index is 0.000000258. The topological polar surface area (TPSA) is 54.0 Å². The molecule has 5 nitrogen and oxygen atoms in total. The zero-order valence-corrected chi connectivity index (χ0v) is 20.8. The quantitative estimate of drug-likeness (QED) is 0.338. The molecule has 0 aromatic heterocycles. The van der Waals surface area contributed by atoms with Crippen molar-refractivity contribution in [3.8, 4) is 23.0 Å². The van der Waals surface area contributed by atoms with E-state index in [0.29, 0.717) is 17.1 Å². The molecule has 32 heavy (non-hydrogen) atoms. The van der Waals surface area contributed by atoms with Crippen LogP contribution in [0.5, 0.6) is 23.0 Å². The van der Waals surface area contributed by atoms with Gasteiger partial charge in [0.25, 0.3) is 0 Å². The lowest BCUT2D eigenvalue weighted by Gasteiger charge is -2.12. The molecule has 0 atom stereocenters. The van der Waals surface area contributed by atoms with Crippen molar-refractivity contribution in [2.75, 3.05) is 28.4 Å². The predicted molar refractivity (Wildman–Crippen MR) is 132 cm³/mol. The molecule has 170 valence electrons. The molecule has 0 heterocycles. The van der Waals surface area contributed by atoms with Gasteiger partial charge in [0.1, 0.15) is 0 Å². The largest absolute Gasteiger partial charge is 0.493 e. The van der Waals surface area contributed by atoms with E-state index in [9.17, 15) is 4.79 Å². The fourth-order valence-electron chi connectivity index (χ4n) is 3.06. The summed E-state index contributed by atoms with van der Waals surface area (Å²) in [4.78, 5) is 13.9. The molecule has 3 rings (SSSR count). The number of hydrogen-bond donors (Lipinski definition) is 1. The van der Waals surface area contributed by atoms with E-state index < -0.39 is 0 Å². The van der Waals surface area contributed by atoms with E-state index in [-0.39, 0.29) is 5.12 Å². The Bertz CT molecular complexity index is 1050. The van der Waals surface area contributed by atoms with E-state index in [1.807, 2.05) is 68.4 Å². The van der Waals surface area contributed by atoms with Crippen LogP contribution in [0.1, 0.15) is 21.5 Å². The lowest BCUT2D eigenvalue weighted by Crippen LogP contribution is -1.96. The number of carbonyl (C=O) groups excluding carboxylic acids is 1. The summed E-state index contributed by atoms with van der Waals surface area (Å²) >= 11 is 5.41. The average molecular weight is 473 g/mol. The number of aryl methyl sites for hydroxylation is 2. The van der Waals surface area contributed by atoms with Crippen molar-refractivity contribution < 1.29 is 23.7 Å². The molecule has 3 aromatic rings. The monoisotopic (exact) mass is 472 g/mol. The number of hydrogen-bond acceptors (Lipinski definition) is 7. The molecule has 0 aliphatic rings. The minimum atomic E-state index is 0.0113. The number of thiol groups is 1. The first-order valence-electron chi connectivity index (χ1n) is 9.76. The Labute approximate surface area is 199 Å².